The van der Waals surface area contributed by atoms with Crippen LogP contribution in [0.1, 0.15) is 5.56 Å². The van der Waals surface area contributed by atoms with Crippen molar-refractivity contribution in [3.8, 4) is 0 Å². The molecule has 0 fully saturated rings. The van der Waals surface area contributed by atoms with Crippen LogP contribution in [0.25, 0.3) is 11.0 Å². The summed E-state index contributed by atoms with van der Waals surface area (Å²) in [5.41, 5.74) is 2.43. The Bertz CT molecular complexity index is 410. The molecule has 0 aliphatic heterocycles. The summed E-state index contributed by atoms with van der Waals surface area (Å²) in [7, 11) is 0. The average molecular weight is 229 g/mol. The minimum atomic E-state index is -0.235. The van der Waals surface area contributed by atoms with Gasteiger partial charge in [0.15, 0.2) is 0 Å². The molecule has 0 bridgehead atoms. The number of halogens is 2. The number of rotatable bonds is 1. The molecule has 0 aliphatic rings. The van der Waals surface area contributed by atoms with Crippen molar-refractivity contribution in [2.24, 2.45) is 0 Å². The van der Waals surface area contributed by atoms with Gasteiger partial charge >= 0.3 is 0 Å². The van der Waals surface area contributed by atoms with Gasteiger partial charge < -0.3 is 4.98 Å². The second-order valence-corrected chi connectivity index (χ2v) is 3.06. The third-order valence-corrected chi connectivity index (χ3v) is 2.32. The molecule has 2 nitrogen and oxygen atoms in total. The van der Waals surface area contributed by atoms with Crippen molar-refractivity contribution in [1.29, 1.82) is 0 Å². The molecule has 12 heavy (non-hydrogen) atoms. The molecule has 0 aliphatic carbocycles. The van der Waals surface area contributed by atoms with Crippen LogP contribution in [0, 0.1) is 5.82 Å². The summed E-state index contributed by atoms with van der Waals surface area (Å²) in [6.07, 6.45) is 1.57. The van der Waals surface area contributed by atoms with Crippen molar-refractivity contribution in [1.82, 2.24) is 9.97 Å². The summed E-state index contributed by atoms with van der Waals surface area (Å²) in [5.74, 6) is -0.235. The maximum absolute atomic E-state index is 12.9. The number of hydrogen-bond donors (Lipinski definition) is 1. The van der Waals surface area contributed by atoms with Crippen molar-refractivity contribution >= 4 is 27.0 Å². The Morgan fingerprint density at radius 2 is 2.33 bits per heavy atom. The van der Waals surface area contributed by atoms with Gasteiger partial charge in [-0.1, -0.05) is 15.9 Å². The summed E-state index contributed by atoms with van der Waals surface area (Å²) < 4.78 is 12.9. The van der Waals surface area contributed by atoms with Crippen molar-refractivity contribution in [3.05, 3.63) is 29.8 Å². The Kier molecular flexibility index (Phi) is 1.84. The average Bonchev–Trinajstić information content (AvgIpc) is 2.50. The highest BCUT2D eigenvalue weighted by Gasteiger charge is 2.04. The topological polar surface area (TPSA) is 28.7 Å². The van der Waals surface area contributed by atoms with E-state index in [1.54, 1.807) is 6.33 Å². The van der Waals surface area contributed by atoms with Crippen LogP contribution >= 0.6 is 15.9 Å². The number of nitrogens with one attached hydrogen (secondary N) is 1. The Morgan fingerprint density at radius 1 is 1.50 bits per heavy atom. The van der Waals surface area contributed by atoms with Gasteiger partial charge in [0, 0.05) is 5.33 Å². The van der Waals surface area contributed by atoms with Crippen molar-refractivity contribution < 1.29 is 4.39 Å². The number of fused-ring (bicyclic) bond motifs is 1. The largest absolute Gasteiger partial charge is 0.345 e. The molecule has 0 atom stereocenters. The second kappa shape index (κ2) is 2.86. The molecule has 0 unspecified atom stereocenters. The summed E-state index contributed by atoms with van der Waals surface area (Å²) in [4.78, 5) is 6.94. The van der Waals surface area contributed by atoms with Gasteiger partial charge in [-0.15, -0.1) is 0 Å². The van der Waals surface area contributed by atoms with Gasteiger partial charge in [-0.2, -0.15) is 0 Å². The first-order chi connectivity index (χ1) is 5.81. The lowest BCUT2D eigenvalue weighted by atomic mass is 10.2. The van der Waals surface area contributed by atoms with E-state index in [-0.39, 0.29) is 5.82 Å². The smallest absolute Gasteiger partial charge is 0.125 e. The van der Waals surface area contributed by atoms with Crippen molar-refractivity contribution in [3.63, 3.8) is 0 Å². The molecule has 1 aromatic carbocycles. The Hall–Kier alpha value is -0.900. The molecule has 4 heteroatoms. The van der Waals surface area contributed by atoms with Gasteiger partial charge in [-0.25, -0.2) is 9.37 Å². The maximum atomic E-state index is 12.9. The first kappa shape index (κ1) is 7.73. The number of imidazole rings is 1. The molecule has 0 saturated carbocycles. The molecule has 0 amide bonds. The van der Waals surface area contributed by atoms with Crippen LogP contribution in [0.3, 0.4) is 0 Å². The fourth-order valence-corrected chi connectivity index (χ4v) is 1.61. The summed E-state index contributed by atoms with van der Waals surface area (Å²) >= 11 is 3.28. The molecular weight excluding hydrogens is 223 g/mol. The van der Waals surface area contributed by atoms with Crippen LogP contribution in [0.5, 0.6) is 0 Å². The highest BCUT2D eigenvalue weighted by molar-refractivity contribution is 9.08. The zero-order valence-corrected chi connectivity index (χ0v) is 7.73. The first-order valence-electron chi connectivity index (χ1n) is 3.48. The van der Waals surface area contributed by atoms with Gasteiger partial charge in [-0.05, 0) is 17.7 Å². The minimum absolute atomic E-state index is 0.235. The number of nitrogens with zero attached hydrogens (tertiary/aromatic N) is 1. The quantitative estimate of drug-likeness (QED) is 0.748. The monoisotopic (exact) mass is 228 g/mol. The van der Waals surface area contributed by atoms with Crippen molar-refractivity contribution in [2.45, 2.75) is 5.33 Å². The number of hydrogen-bond acceptors (Lipinski definition) is 1. The van der Waals surface area contributed by atoms with E-state index in [2.05, 4.69) is 25.9 Å². The Balaban J connectivity index is 2.80. The zero-order valence-electron chi connectivity index (χ0n) is 6.14. The highest BCUT2D eigenvalue weighted by atomic mass is 79.9. The normalized spacial score (nSPS) is 10.8. The fourth-order valence-electron chi connectivity index (χ4n) is 1.19. The molecule has 0 spiro atoms. The maximum Gasteiger partial charge on any atom is 0.125 e. The number of H-pyrrole nitrogens is 1. The van der Waals surface area contributed by atoms with Gasteiger partial charge in [-0.3, -0.25) is 0 Å². The van der Waals surface area contributed by atoms with Crippen LogP contribution in [-0.2, 0) is 5.33 Å². The summed E-state index contributed by atoms with van der Waals surface area (Å²) in [5, 5.41) is 0.617. The third-order valence-electron chi connectivity index (χ3n) is 1.71. The third kappa shape index (κ3) is 1.12. The molecule has 2 aromatic rings. The standard InChI is InChI=1S/C8H6BrFN2/c9-3-5-1-6(10)2-7-8(5)12-4-11-7/h1-2,4H,3H2,(H,11,12). The molecule has 62 valence electrons. The van der Waals surface area contributed by atoms with Crippen LogP contribution in [0.2, 0.25) is 0 Å². The Morgan fingerprint density at radius 3 is 3.08 bits per heavy atom. The molecule has 1 aromatic heterocycles. The fraction of sp³-hybridized carbons (Fsp3) is 0.125. The first-order valence-corrected chi connectivity index (χ1v) is 4.61. The number of alkyl halides is 1. The van der Waals surface area contributed by atoms with Crippen LogP contribution < -0.4 is 0 Å². The van der Waals surface area contributed by atoms with E-state index in [4.69, 9.17) is 0 Å². The predicted octanol–water partition coefficient (Wildman–Crippen LogP) is 2.60. The molecule has 1 heterocycles. The van der Waals surface area contributed by atoms with E-state index in [1.807, 2.05) is 0 Å². The highest BCUT2D eigenvalue weighted by Crippen LogP contribution is 2.18. The minimum Gasteiger partial charge on any atom is -0.345 e. The SMILES string of the molecule is Fc1cc(CBr)c2nc[nH]c2c1. The number of benzene rings is 1. The summed E-state index contributed by atoms with van der Waals surface area (Å²) in [6, 6.07) is 2.92. The number of aromatic amines is 1. The van der Waals surface area contributed by atoms with E-state index < -0.39 is 0 Å². The van der Waals surface area contributed by atoms with Crippen molar-refractivity contribution in [2.75, 3.05) is 0 Å². The molecule has 0 radical (unpaired) electrons. The van der Waals surface area contributed by atoms with Gasteiger partial charge in [0.25, 0.3) is 0 Å². The van der Waals surface area contributed by atoms with E-state index in [9.17, 15) is 4.39 Å². The Labute approximate surface area is 76.9 Å². The van der Waals surface area contributed by atoms with Gasteiger partial charge in [0.05, 0.1) is 17.4 Å². The second-order valence-electron chi connectivity index (χ2n) is 2.50. The lowest BCUT2D eigenvalue weighted by Crippen LogP contribution is -1.83. The van der Waals surface area contributed by atoms with E-state index in [0.29, 0.717) is 5.33 Å². The van der Waals surface area contributed by atoms with E-state index in [0.717, 1.165) is 16.6 Å². The van der Waals surface area contributed by atoms with E-state index >= 15 is 0 Å². The van der Waals surface area contributed by atoms with Crippen LogP contribution in [0.15, 0.2) is 18.5 Å². The molecule has 1 N–H and O–H groups in total. The summed E-state index contributed by atoms with van der Waals surface area (Å²) in [6.45, 7) is 0. The molecular formula is C8H6BrFN2. The predicted molar refractivity (Wildman–Crippen MR) is 48.7 cm³/mol. The molecule has 2 rings (SSSR count). The van der Waals surface area contributed by atoms with Gasteiger partial charge in [0.1, 0.15) is 5.82 Å². The van der Waals surface area contributed by atoms with Gasteiger partial charge in [0.2, 0.25) is 0 Å². The van der Waals surface area contributed by atoms with E-state index in [1.165, 1.54) is 12.1 Å². The lowest BCUT2D eigenvalue weighted by molar-refractivity contribution is 0.628. The van der Waals surface area contributed by atoms with Crippen LogP contribution in [0.4, 0.5) is 4.39 Å². The number of aromatic nitrogens is 2. The molecule has 0 saturated heterocycles. The lowest BCUT2D eigenvalue weighted by Gasteiger charge is -1.96. The zero-order chi connectivity index (χ0) is 8.55. The van der Waals surface area contributed by atoms with Crippen LogP contribution in [-0.4, -0.2) is 9.97 Å².